The summed E-state index contributed by atoms with van der Waals surface area (Å²) in [5, 5.41) is 18.0. The molecule has 7 nitrogen and oxygen atoms in total. The molecule has 1 N–H and O–H groups in total. The molecule has 1 saturated carbocycles. The minimum atomic E-state index is -0.838. The van der Waals surface area contributed by atoms with E-state index in [0.717, 1.165) is 38.5 Å². The Morgan fingerprint density at radius 2 is 2.33 bits per heavy atom. The fourth-order valence-electron chi connectivity index (χ4n) is 3.18. The summed E-state index contributed by atoms with van der Waals surface area (Å²) in [4.78, 5) is 13.0. The van der Waals surface area contributed by atoms with Crippen molar-refractivity contribution in [2.45, 2.75) is 50.0 Å². The average molecular weight is 312 g/mol. The van der Waals surface area contributed by atoms with E-state index in [1.165, 1.54) is 18.2 Å². The quantitative estimate of drug-likeness (QED) is 0.819. The molecule has 1 aliphatic heterocycles. The first-order valence-electron chi connectivity index (χ1n) is 7.36. The van der Waals surface area contributed by atoms with Crippen molar-refractivity contribution < 1.29 is 14.6 Å². The number of ether oxygens (including phenoxy) is 1. The molecule has 0 amide bonds. The number of carbonyl (C=O) groups is 1. The normalized spacial score (nSPS) is 25.1. The smallest absolute Gasteiger partial charge is 0.313 e. The molecule has 0 radical (unpaired) electrons. The van der Waals surface area contributed by atoms with Gasteiger partial charge in [-0.1, -0.05) is 11.8 Å². The summed E-state index contributed by atoms with van der Waals surface area (Å²) in [5.41, 5.74) is 0. The van der Waals surface area contributed by atoms with Crippen LogP contribution in [-0.2, 0) is 16.1 Å². The summed E-state index contributed by atoms with van der Waals surface area (Å²) >= 11 is 1.22. The number of aromatic nitrogens is 3. The van der Waals surface area contributed by atoms with E-state index in [-0.39, 0.29) is 5.75 Å². The molecule has 1 aromatic heterocycles. The van der Waals surface area contributed by atoms with E-state index in [4.69, 9.17) is 9.84 Å². The van der Waals surface area contributed by atoms with Crippen LogP contribution in [0, 0.1) is 0 Å². The lowest BCUT2D eigenvalue weighted by molar-refractivity contribution is -0.133. The monoisotopic (exact) mass is 312 g/mol. The number of carboxylic acids is 1. The summed E-state index contributed by atoms with van der Waals surface area (Å²) in [7, 11) is 0. The largest absolute Gasteiger partial charge is 0.481 e. The maximum absolute atomic E-state index is 10.7. The topological polar surface area (TPSA) is 80.5 Å². The summed E-state index contributed by atoms with van der Waals surface area (Å²) in [5.74, 6) is 0.0211. The Labute approximate surface area is 127 Å². The lowest BCUT2D eigenvalue weighted by atomic mass is 10.1. The van der Waals surface area contributed by atoms with Crippen LogP contribution in [0.4, 0.5) is 5.95 Å². The Kier molecular flexibility index (Phi) is 4.34. The minimum absolute atomic E-state index is 0.00724. The molecule has 2 unspecified atom stereocenters. The molecule has 21 heavy (non-hydrogen) atoms. The van der Waals surface area contributed by atoms with E-state index in [1.54, 1.807) is 0 Å². The number of fused-ring (bicyclic) bond motifs is 1. The van der Waals surface area contributed by atoms with Gasteiger partial charge >= 0.3 is 5.97 Å². The standard InChI is InChI=1S/C13H20N4O3S/c1-2-16-12(14-15-13(16)21-8-11(18)19)17-6-7-20-10-5-3-4-9(10)17/h9-10H,2-8H2,1H3,(H,18,19). The third kappa shape index (κ3) is 2.87. The number of hydrogen-bond donors (Lipinski definition) is 1. The molecule has 0 aromatic carbocycles. The van der Waals surface area contributed by atoms with Crippen molar-refractivity contribution >= 4 is 23.7 Å². The Morgan fingerprint density at radius 3 is 3.10 bits per heavy atom. The van der Waals surface area contributed by atoms with Crippen molar-refractivity contribution in [2.75, 3.05) is 23.8 Å². The van der Waals surface area contributed by atoms with Gasteiger partial charge in [-0.3, -0.25) is 9.36 Å². The second kappa shape index (κ2) is 6.23. The highest BCUT2D eigenvalue weighted by atomic mass is 32.2. The molecule has 116 valence electrons. The van der Waals surface area contributed by atoms with Crippen molar-refractivity contribution in [3.05, 3.63) is 0 Å². The van der Waals surface area contributed by atoms with E-state index in [0.29, 0.717) is 17.3 Å². The highest BCUT2D eigenvalue weighted by molar-refractivity contribution is 7.99. The van der Waals surface area contributed by atoms with Crippen LogP contribution in [0.1, 0.15) is 26.2 Å². The summed E-state index contributed by atoms with van der Waals surface area (Å²) < 4.78 is 7.84. The maximum atomic E-state index is 10.7. The first kappa shape index (κ1) is 14.6. The van der Waals surface area contributed by atoms with Crippen molar-refractivity contribution in [3.63, 3.8) is 0 Å². The third-order valence-corrected chi connectivity index (χ3v) is 5.03. The van der Waals surface area contributed by atoms with Crippen LogP contribution in [0.2, 0.25) is 0 Å². The van der Waals surface area contributed by atoms with Crippen LogP contribution < -0.4 is 4.90 Å². The SMILES string of the molecule is CCn1c(SCC(=O)O)nnc1N1CCOC2CCCC21. The molecule has 1 saturated heterocycles. The molecular formula is C13H20N4O3S. The molecule has 1 aliphatic carbocycles. The second-order valence-corrected chi connectivity index (χ2v) is 6.25. The van der Waals surface area contributed by atoms with Crippen LogP contribution in [0.5, 0.6) is 0 Å². The predicted molar refractivity (Wildman–Crippen MR) is 78.8 cm³/mol. The zero-order chi connectivity index (χ0) is 14.8. The van der Waals surface area contributed by atoms with Gasteiger partial charge in [-0.2, -0.15) is 0 Å². The third-order valence-electron chi connectivity index (χ3n) is 4.08. The van der Waals surface area contributed by atoms with Gasteiger partial charge in [0.1, 0.15) is 0 Å². The number of aliphatic carboxylic acids is 1. The number of morpholine rings is 1. The fraction of sp³-hybridized carbons (Fsp3) is 0.769. The first-order chi connectivity index (χ1) is 10.2. The van der Waals surface area contributed by atoms with Gasteiger partial charge in [0.25, 0.3) is 0 Å². The average Bonchev–Trinajstić information content (AvgIpc) is 3.10. The Morgan fingerprint density at radius 1 is 1.48 bits per heavy atom. The Hall–Kier alpha value is -1.28. The van der Waals surface area contributed by atoms with E-state index < -0.39 is 5.97 Å². The molecule has 2 aliphatic rings. The lowest BCUT2D eigenvalue weighted by Gasteiger charge is -2.38. The zero-order valence-corrected chi connectivity index (χ0v) is 12.9. The van der Waals surface area contributed by atoms with Gasteiger partial charge in [0.05, 0.1) is 24.5 Å². The van der Waals surface area contributed by atoms with Crippen LogP contribution >= 0.6 is 11.8 Å². The van der Waals surface area contributed by atoms with Crippen LogP contribution in [0.25, 0.3) is 0 Å². The maximum Gasteiger partial charge on any atom is 0.313 e. The molecule has 0 bridgehead atoms. The summed E-state index contributed by atoms with van der Waals surface area (Å²) in [6, 6.07) is 0.380. The molecule has 2 atom stereocenters. The predicted octanol–water partition coefficient (Wildman–Crippen LogP) is 1.23. The van der Waals surface area contributed by atoms with E-state index in [1.807, 2.05) is 11.5 Å². The lowest BCUT2D eigenvalue weighted by Crippen LogP contribution is -2.49. The number of hydrogen-bond acceptors (Lipinski definition) is 6. The van der Waals surface area contributed by atoms with E-state index >= 15 is 0 Å². The minimum Gasteiger partial charge on any atom is -0.481 e. The van der Waals surface area contributed by atoms with E-state index in [2.05, 4.69) is 15.1 Å². The number of anilines is 1. The van der Waals surface area contributed by atoms with Gasteiger partial charge in [0.15, 0.2) is 5.16 Å². The molecule has 3 rings (SSSR count). The molecule has 2 fully saturated rings. The molecule has 8 heteroatoms. The van der Waals surface area contributed by atoms with Gasteiger partial charge in [0.2, 0.25) is 5.95 Å². The molecule has 1 aromatic rings. The number of rotatable bonds is 5. The van der Waals surface area contributed by atoms with Crippen molar-refractivity contribution in [2.24, 2.45) is 0 Å². The van der Waals surface area contributed by atoms with Crippen LogP contribution in [0.15, 0.2) is 5.16 Å². The van der Waals surface area contributed by atoms with Gasteiger partial charge in [-0.15, -0.1) is 10.2 Å². The Balaban J connectivity index is 1.82. The van der Waals surface area contributed by atoms with Gasteiger partial charge < -0.3 is 14.7 Å². The van der Waals surface area contributed by atoms with Gasteiger partial charge in [-0.05, 0) is 26.2 Å². The van der Waals surface area contributed by atoms with Crippen LogP contribution in [0.3, 0.4) is 0 Å². The second-order valence-electron chi connectivity index (χ2n) is 5.31. The first-order valence-corrected chi connectivity index (χ1v) is 8.35. The highest BCUT2D eigenvalue weighted by Crippen LogP contribution is 2.33. The number of nitrogens with zero attached hydrogens (tertiary/aromatic N) is 4. The fourth-order valence-corrected chi connectivity index (χ4v) is 3.89. The van der Waals surface area contributed by atoms with Crippen LogP contribution in [-0.4, -0.2) is 56.9 Å². The summed E-state index contributed by atoms with van der Waals surface area (Å²) in [6.07, 6.45) is 3.73. The molecule has 2 heterocycles. The highest BCUT2D eigenvalue weighted by Gasteiger charge is 2.38. The van der Waals surface area contributed by atoms with E-state index in [9.17, 15) is 4.79 Å². The van der Waals surface area contributed by atoms with Gasteiger partial charge in [0, 0.05) is 13.1 Å². The Bertz CT molecular complexity index is 522. The molecule has 0 spiro atoms. The van der Waals surface area contributed by atoms with Crippen molar-refractivity contribution in [3.8, 4) is 0 Å². The number of thioether (sulfide) groups is 1. The molecular weight excluding hydrogens is 292 g/mol. The number of carboxylic acid groups (broad SMARTS) is 1. The van der Waals surface area contributed by atoms with Gasteiger partial charge in [-0.25, -0.2) is 0 Å². The zero-order valence-electron chi connectivity index (χ0n) is 12.1. The summed E-state index contributed by atoms with van der Waals surface area (Å²) in [6.45, 7) is 4.31. The van der Waals surface area contributed by atoms with Crippen molar-refractivity contribution in [1.29, 1.82) is 0 Å². The van der Waals surface area contributed by atoms with Crippen molar-refractivity contribution in [1.82, 2.24) is 14.8 Å².